The molecule has 2 aromatic rings. The third-order valence-electron chi connectivity index (χ3n) is 2.79. The number of hydrogen-bond acceptors (Lipinski definition) is 4. The molecule has 100 valence electrons. The maximum absolute atomic E-state index is 13.4. The molecule has 0 spiro atoms. The molecule has 0 saturated heterocycles. The van der Waals surface area contributed by atoms with Crippen molar-refractivity contribution >= 4 is 17.0 Å². The Balaban J connectivity index is 2.00. The first-order valence-corrected chi connectivity index (χ1v) is 6.65. The van der Waals surface area contributed by atoms with E-state index in [2.05, 4.69) is 5.32 Å². The molecule has 0 aliphatic heterocycles. The van der Waals surface area contributed by atoms with Gasteiger partial charge in [0.05, 0.1) is 4.92 Å². The first kappa shape index (κ1) is 13.6. The van der Waals surface area contributed by atoms with Crippen molar-refractivity contribution in [2.24, 2.45) is 0 Å². The number of rotatable bonds is 5. The number of halogens is 1. The van der Waals surface area contributed by atoms with E-state index in [0.29, 0.717) is 12.1 Å². The highest BCUT2D eigenvalue weighted by atomic mass is 32.1. The van der Waals surface area contributed by atoms with E-state index in [4.69, 9.17) is 0 Å². The van der Waals surface area contributed by atoms with E-state index in [9.17, 15) is 14.5 Å². The van der Waals surface area contributed by atoms with Crippen LogP contribution in [0.4, 0.5) is 10.1 Å². The predicted molar refractivity (Wildman–Crippen MR) is 72.6 cm³/mol. The van der Waals surface area contributed by atoms with E-state index in [1.807, 2.05) is 24.4 Å². The standard InChI is InChI=1S/C13H13FN2O2S/c1-9(13-3-2-6-19-13)15-8-10-4-5-12(16(17)18)11(14)7-10/h2-7,9,15H,8H2,1H3. The topological polar surface area (TPSA) is 55.2 Å². The summed E-state index contributed by atoms with van der Waals surface area (Å²) in [6.07, 6.45) is 0. The van der Waals surface area contributed by atoms with E-state index in [0.717, 1.165) is 0 Å². The van der Waals surface area contributed by atoms with Crippen molar-refractivity contribution in [2.45, 2.75) is 19.5 Å². The van der Waals surface area contributed by atoms with E-state index in [1.54, 1.807) is 17.4 Å². The van der Waals surface area contributed by atoms with E-state index in [-0.39, 0.29) is 6.04 Å². The first-order chi connectivity index (χ1) is 9.08. The van der Waals surface area contributed by atoms with Crippen LogP contribution in [0.3, 0.4) is 0 Å². The van der Waals surface area contributed by atoms with Gasteiger partial charge in [-0.25, -0.2) is 0 Å². The summed E-state index contributed by atoms with van der Waals surface area (Å²) in [6, 6.07) is 8.13. The second-order valence-electron chi connectivity index (χ2n) is 4.16. The number of hydrogen-bond donors (Lipinski definition) is 1. The van der Waals surface area contributed by atoms with Crippen molar-refractivity contribution in [3.63, 3.8) is 0 Å². The maximum atomic E-state index is 13.4. The number of nitrogens with one attached hydrogen (secondary N) is 1. The Morgan fingerprint density at radius 1 is 1.47 bits per heavy atom. The molecule has 0 fully saturated rings. The van der Waals surface area contributed by atoms with Crippen LogP contribution in [0.2, 0.25) is 0 Å². The molecule has 1 atom stereocenters. The Bertz CT molecular complexity index is 572. The van der Waals surface area contributed by atoms with Gasteiger partial charge in [-0.2, -0.15) is 4.39 Å². The molecular weight excluding hydrogens is 267 g/mol. The molecule has 6 heteroatoms. The summed E-state index contributed by atoms with van der Waals surface area (Å²) in [5.74, 6) is -0.798. The van der Waals surface area contributed by atoms with Crippen molar-refractivity contribution in [1.29, 1.82) is 0 Å². The zero-order valence-electron chi connectivity index (χ0n) is 10.3. The predicted octanol–water partition coefficient (Wildman–Crippen LogP) is 3.65. The normalized spacial score (nSPS) is 12.3. The van der Waals surface area contributed by atoms with Crippen molar-refractivity contribution in [1.82, 2.24) is 5.32 Å². The number of nitro benzene ring substituents is 1. The highest BCUT2D eigenvalue weighted by Crippen LogP contribution is 2.20. The number of thiophene rings is 1. The Morgan fingerprint density at radius 3 is 2.84 bits per heavy atom. The number of nitro groups is 1. The van der Waals surface area contributed by atoms with Crippen LogP contribution in [0.1, 0.15) is 23.4 Å². The summed E-state index contributed by atoms with van der Waals surface area (Å²) in [4.78, 5) is 11.0. The lowest BCUT2D eigenvalue weighted by atomic mass is 10.2. The fourth-order valence-corrected chi connectivity index (χ4v) is 2.48. The van der Waals surface area contributed by atoms with Gasteiger partial charge in [0, 0.05) is 23.5 Å². The van der Waals surface area contributed by atoms with Gasteiger partial charge in [-0.3, -0.25) is 10.1 Å². The summed E-state index contributed by atoms with van der Waals surface area (Å²) in [7, 11) is 0. The van der Waals surface area contributed by atoms with Gasteiger partial charge < -0.3 is 5.32 Å². The molecule has 2 rings (SSSR count). The third-order valence-corrected chi connectivity index (χ3v) is 3.85. The molecule has 19 heavy (non-hydrogen) atoms. The summed E-state index contributed by atoms with van der Waals surface area (Å²) in [6.45, 7) is 2.49. The van der Waals surface area contributed by atoms with Gasteiger partial charge >= 0.3 is 5.69 Å². The Hall–Kier alpha value is -1.79. The molecule has 0 aliphatic rings. The minimum atomic E-state index is -0.798. The van der Waals surface area contributed by atoms with Crippen LogP contribution >= 0.6 is 11.3 Å². The van der Waals surface area contributed by atoms with E-state index >= 15 is 0 Å². The van der Waals surface area contributed by atoms with Gasteiger partial charge in [0.1, 0.15) is 0 Å². The summed E-state index contributed by atoms with van der Waals surface area (Å²) in [5, 5.41) is 15.8. The SMILES string of the molecule is CC(NCc1ccc([N+](=O)[O-])c(F)c1)c1cccs1. The van der Waals surface area contributed by atoms with Crippen LogP contribution in [0.5, 0.6) is 0 Å². The summed E-state index contributed by atoms with van der Waals surface area (Å²) in [5.41, 5.74) is 0.196. The summed E-state index contributed by atoms with van der Waals surface area (Å²) >= 11 is 1.65. The van der Waals surface area contributed by atoms with Crippen LogP contribution in [-0.4, -0.2) is 4.92 Å². The average molecular weight is 280 g/mol. The molecular formula is C13H13FN2O2S. The maximum Gasteiger partial charge on any atom is 0.304 e. The zero-order valence-corrected chi connectivity index (χ0v) is 11.1. The monoisotopic (exact) mass is 280 g/mol. The second-order valence-corrected chi connectivity index (χ2v) is 5.14. The van der Waals surface area contributed by atoms with E-state index in [1.165, 1.54) is 17.0 Å². The highest BCUT2D eigenvalue weighted by molar-refractivity contribution is 7.10. The third kappa shape index (κ3) is 3.36. The molecule has 1 aromatic heterocycles. The van der Waals surface area contributed by atoms with Crippen molar-refractivity contribution in [3.8, 4) is 0 Å². The fraction of sp³-hybridized carbons (Fsp3) is 0.231. The lowest BCUT2D eigenvalue weighted by molar-refractivity contribution is -0.387. The van der Waals surface area contributed by atoms with Crippen molar-refractivity contribution < 1.29 is 9.31 Å². The molecule has 1 N–H and O–H groups in total. The van der Waals surface area contributed by atoms with Gasteiger partial charge in [0.15, 0.2) is 0 Å². The Labute approximate surface area is 114 Å². The fourth-order valence-electron chi connectivity index (χ4n) is 1.72. The molecule has 0 saturated carbocycles. The number of nitrogens with zero attached hydrogens (tertiary/aromatic N) is 1. The summed E-state index contributed by atoms with van der Waals surface area (Å²) < 4.78 is 13.4. The van der Waals surface area contributed by atoms with Gasteiger partial charge in [0.2, 0.25) is 5.82 Å². The minimum absolute atomic E-state index is 0.165. The molecule has 1 unspecified atom stereocenters. The van der Waals surface area contributed by atoms with Gasteiger partial charge in [-0.05, 0) is 30.0 Å². The molecule has 0 amide bonds. The van der Waals surface area contributed by atoms with Crippen LogP contribution in [0, 0.1) is 15.9 Å². The van der Waals surface area contributed by atoms with E-state index < -0.39 is 16.4 Å². The van der Waals surface area contributed by atoms with Crippen LogP contribution in [-0.2, 0) is 6.54 Å². The highest BCUT2D eigenvalue weighted by Gasteiger charge is 2.14. The number of benzene rings is 1. The molecule has 0 radical (unpaired) electrons. The van der Waals surface area contributed by atoms with Gasteiger partial charge in [-0.1, -0.05) is 12.1 Å². The smallest absolute Gasteiger partial charge is 0.304 e. The van der Waals surface area contributed by atoms with Crippen molar-refractivity contribution in [2.75, 3.05) is 0 Å². The minimum Gasteiger partial charge on any atom is -0.305 e. The molecule has 4 nitrogen and oxygen atoms in total. The van der Waals surface area contributed by atoms with Gasteiger partial charge in [-0.15, -0.1) is 11.3 Å². The lowest BCUT2D eigenvalue weighted by Gasteiger charge is -2.12. The molecule has 0 bridgehead atoms. The average Bonchev–Trinajstić information content (AvgIpc) is 2.89. The van der Waals surface area contributed by atoms with Gasteiger partial charge in [0.25, 0.3) is 0 Å². The van der Waals surface area contributed by atoms with Crippen LogP contribution in [0.15, 0.2) is 35.7 Å². The molecule has 1 aromatic carbocycles. The second kappa shape index (κ2) is 5.90. The Kier molecular flexibility index (Phi) is 4.24. The van der Waals surface area contributed by atoms with Crippen LogP contribution in [0.25, 0.3) is 0 Å². The first-order valence-electron chi connectivity index (χ1n) is 5.77. The molecule has 1 heterocycles. The molecule has 0 aliphatic carbocycles. The quantitative estimate of drug-likeness (QED) is 0.672. The van der Waals surface area contributed by atoms with Crippen LogP contribution < -0.4 is 5.32 Å². The largest absolute Gasteiger partial charge is 0.305 e. The van der Waals surface area contributed by atoms with Crippen molar-refractivity contribution in [3.05, 3.63) is 62.1 Å². The lowest BCUT2D eigenvalue weighted by Crippen LogP contribution is -2.17. The zero-order chi connectivity index (χ0) is 13.8. The Morgan fingerprint density at radius 2 is 2.26 bits per heavy atom.